The second kappa shape index (κ2) is 11.0. The van der Waals surface area contributed by atoms with Gasteiger partial charge in [0.25, 0.3) is 11.2 Å². The number of anilines is 1. The fourth-order valence-corrected chi connectivity index (χ4v) is 5.23. The quantitative estimate of drug-likeness (QED) is 0.199. The second-order valence-electron chi connectivity index (χ2n) is 9.13. The number of aromatic amines is 1. The van der Waals surface area contributed by atoms with Gasteiger partial charge in [-0.05, 0) is 18.6 Å². The van der Waals surface area contributed by atoms with Crippen LogP contribution in [-0.2, 0) is 19.8 Å². The first-order valence-corrected chi connectivity index (χ1v) is 13.3. The number of aliphatic hydroxyl groups is 1. The van der Waals surface area contributed by atoms with E-state index in [1.165, 1.54) is 10.9 Å². The monoisotopic (exact) mass is 565 g/mol. The minimum Gasteiger partial charge on any atom is -0.396 e. The first-order chi connectivity index (χ1) is 18.4. The Morgan fingerprint density at radius 3 is 2.62 bits per heavy atom. The third-order valence-electron chi connectivity index (χ3n) is 6.18. The lowest BCUT2D eigenvalue weighted by Gasteiger charge is -2.24. The van der Waals surface area contributed by atoms with Crippen molar-refractivity contribution >= 4 is 39.0 Å². The van der Waals surface area contributed by atoms with Gasteiger partial charge in [0.2, 0.25) is 11.9 Å². The Morgan fingerprint density at radius 2 is 2.03 bits per heavy atom. The summed E-state index contributed by atoms with van der Waals surface area (Å²) < 4.78 is 40.8. The van der Waals surface area contributed by atoms with Crippen LogP contribution in [0.15, 0.2) is 35.4 Å². The van der Waals surface area contributed by atoms with Crippen LogP contribution in [-0.4, -0.2) is 62.6 Å². The van der Waals surface area contributed by atoms with Gasteiger partial charge in [0.1, 0.15) is 5.75 Å². The molecule has 1 aliphatic heterocycles. The minimum atomic E-state index is -4.53. The van der Waals surface area contributed by atoms with Crippen LogP contribution in [0.1, 0.15) is 33.4 Å². The van der Waals surface area contributed by atoms with E-state index in [0.717, 1.165) is 24.3 Å². The van der Waals surface area contributed by atoms with Gasteiger partial charge >= 0.3 is 10.3 Å². The summed E-state index contributed by atoms with van der Waals surface area (Å²) in [5.74, 6) is -1.81. The fourth-order valence-electron chi connectivity index (χ4n) is 4.20. The van der Waals surface area contributed by atoms with Gasteiger partial charge in [0, 0.05) is 24.0 Å². The highest BCUT2D eigenvalue weighted by molar-refractivity contribution is 7.85. The Morgan fingerprint density at radius 1 is 1.33 bits per heavy atom. The van der Waals surface area contributed by atoms with Gasteiger partial charge in [-0.1, -0.05) is 20.8 Å². The maximum atomic E-state index is 13.0. The van der Waals surface area contributed by atoms with Gasteiger partial charge in [-0.25, -0.2) is 4.98 Å². The van der Waals surface area contributed by atoms with Crippen molar-refractivity contribution in [1.29, 1.82) is 0 Å². The lowest BCUT2D eigenvalue weighted by Crippen LogP contribution is -2.46. The normalized spacial score (nSPS) is 21.4. The Hall–Kier alpha value is -3.93. The van der Waals surface area contributed by atoms with Crippen LogP contribution in [0.5, 0.6) is 5.75 Å². The number of benzene rings is 1. The molecule has 17 heteroatoms. The summed E-state index contributed by atoms with van der Waals surface area (Å²) in [6.45, 7) is 4.68. The van der Waals surface area contributed by atoms with Gasteiger partial charge in [-0.2, -0.15) is 18.1 Å². The van der Waals surface area contributed by atoms with Crippen LogP contribution in [0.4, 0.5) is 11.6 Å². The molecule has 1 aliphatic rings. The van der Waals surface area contributed by atoms with Crippen molar-refractivity contribution < 1.29 is 32.2 Å². The van der Waals surface area contributed by atoms with Crippen molar-refractivity contribution in [2.24, 2.45) is 11.8 Å². The molecule has 0 unspecified atom stereocenters. The second-order valence-corrected chi connectivity index (χ2v) is 10.4. The molecular weight excluding hydrogens is 538 g/mol. The number of carbonyl (C=O) groups is 1. The van der Waals surface area contributed by atoms with E-state index in [0.29, 0.717) is 6.42 Å². The molecule has 4 rings (SSSR count). The number of hydrogen-bond acceptors (Lipinski definition) is 11. The smallest absolute Gasteiger partial charge is 0.383 e. The highest BCUT2D eigenvalue weighted by atomic mass is 32.2. The highest BCUT2D eigenvalue weighted by Crippen LogP contribution is 2.37. The molecule has 0 spiro atoms. The molecule has 1 amide bonds. The number of ether oxygens (including phenoxy) is 1. The van der Waals surface area contributed by atoms with Crippen molar-refractivity contribution in [1.82, 2.24) is 24.2 Å². The number of nitrogens with one attached hydrogen (secondary N) is 3. The average Bonchev–Trinajstić information content (AvgIpc) is 3.44. The van der Waals surface area contributed by atoms with Gasteiger partial charge < -0.3 is 14.0 Å². The Labute approximate surface area is 221 Å². The topological polar surface area (TPSA) is 221 Å². The van der Waals surface area contributed by atoms with Crippen molar-refractivity contribution in [3.63, 3.8) is 0 Å². The summed E-state index contributed by atoms with van der Waals surface area (Å²) in [5, 5.41) is 23.5. The Kier molecular flexibility index (Phi) is 7.96. The summed E-state index contributed by atoms with van der Waals surface area (Å²) in [6.07, 6.45) is -0.0438. The molecular formula is C22H27N7O9S. The third-order valence-corrected chi connectivity index (χ3v) is 7.15. The summed E-state index contributed by atoms with van der Waals surface area (Å²) in [6, 6.07) is 3.34. The average molecular weight is 566 g/mol. The lowest BCUT2D eigenvalue weighted by molar-refractivity contribution is -0.384. The van der Waals surface area contributed by atoms with E-state index < -0.39 is 51.7 Å². The zero-order valence-corrected chi connectivity index (χ0v) is 21.9. The summed E-state index contributed by atoms with van der Waals surface area (Å²) in [5.41, 5.74) is -0.955. The molecule has 210 valence electrons. The van der Waals surface area contributed by atoms with Crippen LogP contribution < -0.4 is 19.8 Å². The number of carbonyl (C=O) groups excluding carboxylic acids is 1. The van der Waals surface area contributed by atoms with E-state index in [1.807, 2.05) is 0 Å². The molecule has 4 atom stereocenters. The van der Waals surface area contributed by atoms with E-state index in [2.05, 4.69) is 25.0 Å². The number of nitro groups is 1. The number of amides is 1. The first-order valence-electron chi connectivity index (χ1n) is 11.9. The maximum Gasteiger partial charge on any atom is 0.383 e. The number of nitrogens with zero attached hydrogens (tertiary/aromatic N) is 4. The predicted molar refractivity (Wildman–Crippen MR) is 136 cm³/mol. The zero-order valence-electron chi connectivity index (χ0n) is 21.1. The molecule has 3 aromatic rings. The SMILES string of the molecule is CC[C@H]1O[C@@H](n2cnc3c(=O)[nH]c(NC(=O)C(C)C)nc32)[C@H](NS(=O)(=O)Oc2ccc([N+](=O)[O-])cc2)[C@@H]1CO. The maximum absolute atomic E-state index is 13.0. The summed E-state index contributed by atoms with van der Waals surface area (Å²) in [7, 11) is -4.53. The van der Waals surface area contributed by atoms with E-state index >= 15 is 0 Å². The molecule has 0 bridgehead atoms. The van der Waals surface area contributed by atoms with E-state index in [-0.39, 0.29) is 40.4 Å². The van der Waals surface area contributed by atoms with Gasteiger partial charge in [0.15, 0.2) is 17.4 Å². The van der Waals surface area contributed by atoms with Gasteiger partial charge in [0.05, 0.1) is 30.0 Å². The minimum absolute atomic E-state index is 0.0109. The van der Waals surface area contributed by atoms with Crippen LogP contribution in [0.3, 0.4) is 0 Å². The van der Waals surface area contributed by atoms with Crippen LogP contribution in [0, 0.1) is 22.0 Å². The van der Waals surface area contributed by atoms with E-state index in [4.69, 9.17) is 8.92 Å². The number of nitro benzene ring substituents is 1. The molecule has 4 N–H and O–H groups in total. The molecule has 0 aliphatic carbocycles. The number of aliphatic hydroxyl groups excluding tert-OH is 1. The third kappa shape index (κ3) is 5.90. The Bertz CT molecular complexity index is 1540. The standard InChI is InChI=1S/C22H27N7O9S/c1-4-15-14(9-30)16(27-39(35,36)38-13-7-5-12(6-8-13)29(33)34)21(37-15)28-10-23-17-18(28)24-22(26-20(17)32)25-19(31)11(2)3/h5-8,10-11,14-16,21,27,30H,4,9H2,1-3H3,(H2,24,25,26,31,32)/t14-,15-,16-,21-/m1/s1. The first kappa shape index (κ1) is 28.1. The van der Waals surface area contributed by atoms with Gasteiger partial charge in [-0.15, -0.1) is 0 Å². The largest absolute Gasteiger partial charge is 0.396 e. The number of fused-ring (bicyclic) bond motifs is 1. The zero-order chi connectivity index (χ0) is 28.5. The number of rotatable bonds is 10. The van der Waals surface area contributed by atoms with Crippen LogP contribution in [0.2, 0.25) is 0 Å². The molecule has 39 heavy (non-hydrogen) atoms. The van der Waals surface area contributed by atoms with Crippen molar-refractivity contribution in [2.75, 3.05) is 11.9 Å². The molecule has 3 heterocycles. The number of hydrogen-bond donors (Lipinski definition) is 4. The summed E-state index contributed by atoms with van der Waals surface area (Å²) >= 11 is 0. The molecule has 2 aromatic heterocycles. The van der Waals surface area contributed by atoms with Crippen LogP contribution in [0.25, 0.3) is 11.2 Å². The molecule has 0 saturated carbocycles. The van der Waals surface area contributed by atoms with Crippen molar-refractivity contribution in [3.8, 4) is 5.75 Å². The fraction of sp³-hybridized carbons (Fsp3) is 0.455. The van der Waals surface area contributed by atoms with Crippen molar-refractivity contribution in [3.05, 3.63) is 51.1 Å². The molecule has 1 aromatic carbocycles. The molecule has 1 saturated heterocycles. The molecule has 1 fully saturated rings. The lowest BCUT2D eigenvalue weighted by atomic mass is 9.96. The van der Waals surface area contributed by atoms with E-state index in [9.17, 15) is 33.2 Å². The molecule has 16 nitrogen and oxygen atoms in total. The highest BCUT2D eigenvalue weighted by Gasteiger charge is 2.47. The van der Waals surface area contributed by atoms with Gasteiger partial charge in [-0.3, -0.25) is 34.6 Å². The summed E-state index contributed by atoms with van der Waals surface area (Å²) in [4.78, 5) is 45.8. The Balaban J connectivity index is 1.68. The number of aromatic nitrogens is 4. The van der Waals surface area contributed by atoms with E-state index in [1.54, 1.807) is 20.8 Å². The molecule has 0 radical (unpaired) electrons. The predicted octanol–water partition coefficient (Wildman–Crippen LogP) is 0.820. The number of imidazole rings is 1. The number of non-ortho nitro benzene ring substituents is 1. The number of H-pyrrole nitrogens is 1. The van der Waals surface area contributed by atoms with Crippen LogP contribution >= 0.6 is 0 Å². The van der Waals surface area contributed by atoms with Crippen molar-refractivity contribution in [2.45, 2.75) is 45.6 Å².